The van der Waals surface area contributed by atoms with E-state index in [0.29, 0.717) is 17.5 Å². The standard InChI is InChI=1S/C20H32N4O.HI/c1-15(2)12-20(10-5-11-20)14-24-19(22-4)23-13-16-6-8-17(9-7-16)18(25)21-3;/h6-9,15H,5,10-14H2,1-4H3,(H,21,25)(H2,22,23,24);1H. The largest absolute Gasteiger partial charge is 0.356 e. The van der Waals surface area contributed by atoms with Crippen molar-refractivity contribution in [1.82, 2.24) is 16.0 Å². The van der Waals surface area contributed by atoms with Crippen molar-refractivity contribution in [1.29, 1.82) is 0 Å². The Kier molecular flexibility index (Phi) is 9.39. The maximum atomic E-state index is 11.6. The number of amides is 1. The highest BCUT2D eigenvalue weighted by Gasteiger charge is 2.37. The molecule has 6 heteroatoms. The number of aliphatic imine (C=N–C) groups is 1. The van der Waals surface area contributed by atoms with Gasteiger partial charge < -0.3 is 16.0 Å². The number of nitrogens with zero attached hydrogens (tertiary/aromatic N) is 1. The number of carbonyl (C=O) groups excluding carboxylic acids is 1. The molecule has 146 valence electrons. The van der Waals surface area contributed by atoms with Gasteiger partial charge in [-0.3, -0.25) is 9.79 Å². The first-order chi connectivity index (χ1) is 12.0. The normalized spacial score (nSPS) is 15.7. The lowest BCUT2D eigenvalue weighted by molar-refractivity contribution is 0.0963. The summed E-state index contributed by atoms with van der Waals surface area (Å²) in [5.74, 6) is 1.51. The molecule has 1 aliphatic carbocycles. The van der Waals surface area contributed by atoms with E-state index in [1.54, 1.807) is 14.1 Å². The Morgan fingerprint density at radius 2 is 1.85 bits per heavy atom. The van der Waals surface area contributed by atoms with Gasteiger partial charge in [0, 0.05) is 32.7 Å². The monoisotopic (exact) mass is 472 g/mol. The molecule has 0 atom stereocenters. The van der Waals surface area contributed by atoms with Gasteiger partial charge in [-0.1, -0.05) is 32.4 Å². The minimum Gasteiger partial charge on any atom is -0.356 e. The van der Waals surface area contributed by atoms with Crippen LogP contribution >= 0.6 is 24.0 Å². The first-order valence-corrected chi connectivity index (χ1v) is 9.23. The van der Waals surface area contributed by atoms with Crippen LogP contribution in [0.25, 0.3) is 0 Å². The molecule has 0 heterocycles. The Bertz CT molecular complexity index is 594. The van der Waals surface area contributed by atoms with Gasteiger partial charge in [0.1, 0.15) is 0 Å². The predicted molar refractivity (Wildman–Crippen MR) is 119 cm³/mol. The lowest BCUT2D eigenvalue weighted by Crippen LogP contribution is -2.46. The Morgan fingerprint density at radius 3 is 2.31 bits per heavy atom. The molecular weight excluding hydrogens is 439 g/mol. The first-order valence-electron chi connectivity index (χ1n) is 9.23. The Hall–Kier alpha value is -1.31. The fraction of sp³-hybridized carbons (Fsp3) is 0.600. The van der Waals surface area contributed by atoms with Crippen molar-refractivity contribution in [3.8, 4) is 0 Å². The minimum atomic E-state index is -0.0621. The van der Waals surface area contributed by atoms with Gasteiger partial charge in [-0.15, -0.1) is 24.0 Å². The molecule has 0 bridgehead atoms. The SMILES string of the molecule is CN=C(NCc1ccc(C(=O)NC)cc1)NCC1(CC(C)C)CCC1.I. The minimum absolute atomic E-state index is 0. The van der Waals surface area contributed by atoms with Crippen molar-refractivity contribution in [3.63, 3.8) is 0 Å². The fourth-order valence-corrected chi connectivity index (χ4v) is 3.59. The van der Waals surface area contributed by atoms with Crippen molar-refractivity contribution in [3.05, 3.63) is 35.4 Å². The van der Waals surface area contributed by atoms with Crippen LogP contribution < -0.4 is 16.0 Å². The number of carbonyl (C=O) groups is 1. The molecule has 1 fully saturated rings. The number of rotatable bonds is 7. The summed E-state index contributed by atoms with van der Waals surface area (Å²) < 4.78 is 0. The average Bonchev–Trinajstić information content (AvgIpc) is 2.58. The molecule has 0 aliphatic heterocycles. The van der Waals surface area contributed by atoms with Crippen LogP contribution in [-0.2, 0) is 6.54 Å². The maximum Gasteiger partial charge on any atom is 0.251 e. The van der Waals surface area contributed by atoms with Gasteiger partial charge >= 0.3 is 0 Å². The van der Waals surface area contributed by atoms with Crippen LogP contribution in [0, 0.1) is 11.3 Å². The van der Waals surface area contributed by atoms with Gasteiger partial charge in [-0.25, -0.2) is 0 Å². The van der Waals surface area contributed by atoms with Gasteiger partial charge in [-0.2, -0.15) is 0 Å². The van der Waals surface area contributed by atoms with Crippen LogP contribution in [-0.4, -0.2) is 32.5 Å². The summed E-state index contributed by atoms with van der Waals surface area (Å²) in [6.45, 7) is 6.27. The molecule has 1 aromatic rings. The lowest BCUT2D eigenvalue weighted by Gasteiger charge is -2.43. The summed E-state index contributed by atoms with van der Waals surface area (Å²) in [6, 6.07) is 7.63. The fourth-order valence-electron chi connectivity index (χ4n) is 3.59. The van der Waals surface area contributed by atoms with Crippen LogP contribution in [0.2, 0.25) is 0 Å². The molecule has 0 saturated heterocycles. The molecule has 0 unspecified atom stereocenters. The zero-order chi connectivity index (χ0) is 18.3. The molecule has 2 rings (SSSR count). The van der Waals surface area contributed by atoms with E-state index in [1.807, 2.05) is 24.3 Å². The van der Waals surface area contributed by atoms with E-state index in [2.05, 4.69) is 34.8 Å². The second-order valence-electron chi connectivity index (χ2n) is 7.51. The number of nitrogens with one attached hydrogen (secondary N) is 3. The zero-order valence-electron chi connectivity index (χ0n) is 16.4. The topological polar surface area (TPSA) is 65.5 Å². The second kappa shape index (κ2) is 10.7. The highest BCUT2D eigenvalue weighted by molar-refractivity contribution is 14.0. The predicted octanol–water partition coefficient (Wildman–Crippen LogP) is 3.55. The summed E-state index contributed by atoms with van der Waals surface area (Å²) in [6.07, 6.45) is 5.25. The third kappa shape index (κ3) is 6.45. The Morgan fingerprint density at radius 1 is 1.19 bits per heavy atom. The van der Waals surface area contributed by atoms with Crippen LogP contribution in [0.15, 0.2) is 29.3 Å². The van der Waals surface area contributed by atoms with Gasteiger partial charge in [0.15, 0.2) is 5.96 Å². The smallest absolute Gasteiger partial charge is 0.251 e. The third-order valence-electron chi connectivity index (χ3n) is 5.01. The molecule has 0 aromatic heterocycles. The van der Waals surface area contributed by atoms with E-state index in [-0.39, 0.29) is 29.9 Å². The first kappa shape index (κ1) is 22.7. The van der Waals surface area contributed by atoms with Crippen molar-refractivity contribution in [2.45, 2.75) is 46.1 Å². The highest BCUT2D eigenvalue weighted by Crippen LogP contribution is 2.45. The van der Waals surface area contributed by atoms with E-state index in [4.69, 9.17) is 0 Å². The van der Waals surface area contributed by atoms with E-state index in [1.165, 1.54) is 25.7 Å². The molecule has 3 N–H and O–H groups in total. The lowest BCUT2D eigenvalue weighted by atomic mass is 9.64. The van der Waals surface area contributed by atoms with Gasteiger partial charge in [-0.05, 0) is 48.3 Å². The maximum absolute atomic E-state index is 11.6. The van der Waals surface area contributed by atoms with E-state index in [0.717, 1.165) is 24.0 Å². The Balaban J connectivity index is 0.00000338. The number of hydrogen-bond donors (Lipinski definition) is 3. The van der Waals surface area contributed by atoms with Crippen molar-refractivity contribution >= 4 is 35.8 Å². The third-order valence-corrected chi connectivity index (χ3v) is 5.01. The average molecular weight is 472 g/mol. The molecule has 26 heavy (non-hydrogen) atoms. The number of halogens is 1. The summed E-state index contributed by atoms with van der Waals surface area (Å²) in [5, 5.41) is 9.49. The number of hydrogen-bond acceptors (Lipinski definition) is 2. The molecule has 1 saturated carbocycles. The second-order valence-corrected chi connectivity index (χ2v) is 7.51. The number of benzene rings is 1. The quantitative estimate of drug-likeness (QED) is 0.323. The molecule has 1 aliphatic rings. The van der Waals surface area contributed by atoms with Gasteiger partial charge in [0.05, 0.1) is 0 Å². The summed E-state index contributed by atoms with van der Waals surface area (Å²) >= 11 is 0. The number of guanidine groups is 1. The Labute approximate surface area is 174 Å². The summed E-state index contributed by atoms with van der Waals surface area (Å²) in [5.41, 5.74) is 2.24. The summed E-state index contributed by atoms with van der Waals surface area (Å²) in [4.78, 5) is 15.9. The van der Waals surface area contributed by atoms with Crippen LogP contribution in [0.1, 0.15) is 55.5 Å². The van der Waals surface area contributed by atoms with E-state index in [9.17, 15) is 4.79 Å². The van der Waals surface area contributed by atoms with Crippen molar-refractivity contribution < 1.29 is 4.79 Å². The molecule has 0 spiro atoms. The van der Waals surface area contributed by atoms with Crippen LogP contribution in [0.3, 0.4) is 0 Å². The van der Waals surface area contributed by atoms with E-state index >= 15 is 0 Å². The van der Waals surface area contributed by atoms with Crippen LogP contribution in [0.4, 0.5) is 0 Å². The van der Waals surface area contributed by atoms with Crippen LogP contribution in [0.5, 0.6) is 0 Å². The summed E-state index contributed by atoms with van der Waals surface area (Å²) in [7, 11) is 3.45. The highest BCUT2D eigenvalue weighted by atomic mass is 127. The van der Waals surface area contributed by atoms with E-state index < -0.39 is 0 Å². The van der Waals surface area contributed by atoms with Gasteiger partial charge in [0.25, 0.3) is 5.91 Å². The zero-order valence-corrected chi connectivity index (χ0v) is 18.7. The molecule has 0 radical (unpaired) electrons. The van der Waals surface area contributed by atoms with Crippen molar-refractivity contribution in [2.75, 3.05) is 20.6 Å². The molecule has 1 amide bonds. The van der Waals surface area contributed by atoms with Gasteiger partial charge in [0.2, 0.25) is 0 Å². The van der Waals surface area contributed by atoms with Crippen molar-refractivity contribution in [2.24, 2.45) is 16.3 Å². The molecule has 1 aromatic carbocycles. The molecule has 5 nitrogen and oxygen atoms in total. The molecular formula is C20H33IN4O.